The maximum absolute atomic E-state index is 13.5. The van der Waals surface area contributed by atoms with Gasteiger partial charge >= 0.3 is 5.97 Å². The number of carboxylic acid groups (broad SMARTS) is 1. The molecule has 1 aliphatic rings. The fourth-order valence-corrected chi connectivity index (χ4v) is 3.24. The summed E-state index contributed by atoms with van der Waals surface area (Å²) in [5.41, 5.74) is 0.876. The van der Waals surface area contributed by atoms with Crippen LogP contribution in [-0.2, 0) is 20.7 Å². The Morgan fingerprint density at radius 3 is 2.64 bits per heavy atom. The van der Waals surface area contributed by atoms with Crippen molar-refractivity contribution in [2.75, 3.05) is 0 Å². The average molecular weight is 418 g/mol. The fourth-order valence-electron chi connectivity index (χ4n) is 2.69. The minimum atomic E-state index is -2.83. The second-order valence-corrected chi connectivity index (χ2v) is 7.57. The normalized spacial score (nSPS) is 21.0. The molecule has 2 rings (SSSR count). The van der Waals surface area contributed by atoms with E-state index in [-0.39, 0.29) is 6.42 Å². The second-order valence-electron chi connectivity index (χ2n) is 6.19. The second kappa shape index (κ2) is 8.06. The minimum absolute atomic E-state index is 0.0797. The van der Waals surface area contributed by atoms with Crippen LogP contribution in [0.4, 0.5) is 8.78 Å². The van der Waals surface area contributed by atoms with E-state index in [2.05, 4.69) is 10.1 Å². The number of amides is 2. The molecular weight excluding hydrogens is 402 g/mol. The molecule has 1 aromatic heterocycles. The molecule has 2 amide bonds. The van der Waals surface area contributed by atoms with E-state index in [4.69, 9.17) is 0 Å². The molecule has 0 saturated carbocycles. The maximum atomic E-state index is 13.5. The van der Waals surface area contributed by atoms with Crippen molar-refractivity contribution in [1.82, 2.24) is 15.3 Å². The lowest BCUT2D eigenvalue weighted by Gasteiger charge is -2.46. The average Bonchev–Trinajstić information content (AvgIpc) is 2.60. The molecule has 1 aliphatic heterocycles. The molecular formula is C15H16F2N4O6S. The number of aliphatic carboxylic acids is 1. The largest absolute Gasteiger partial charge is 0.480 e. The quantitative estimate of drug-likeness (QED) is 0.187. The van der Waals surface area contributed by atoms with Crippen LogP contribution in [0.5, 0.6) is 0 Å². The van der Waals surface area contributed by atoms with Gasteiger partial charge in [-0.25, -0.2) is 23.8 Å². The van der Waals surface area contributed by atoms with Crippen molar-refractivity contribution in [3.8, 4) is 0 Å². The van der Waals surface area contributed by atoms with E-state index in [0.717, 1.165) is 11.8 Å². The van der Waals surface area contributed by atoms with Crippen LogP contribution in [0.3, 0.4) is 0 Å². The van der Waals surface area contributed by atoms with Crippen LogP contribution >= 0.6 is 0 Å². The number of carboxylic acids is 1. The van der Waals surface area contributed by atoms with Gasteiger partial charge in [-0.15, -0.1) is 0 Å². The van der Waals surface area contributed by atoms with Crippen molar-refractivity contribution >= 4 is 35.1 Å². The first-order valence-electron chi connectivity index (χ1n) is 7.80. The molecule has 152 valence electrons. The number of rotatable bonds is 7. The summed E-state index contributed by atoms with van der Waals surface area (Å²) in [5, 5.41) is 12.9. The first kappa shape index (κ1) is 21.5. The van der Waals surface area contributed by atoms with E-state index in [1.165, 1.54) is 0 Å². The van der Waals surface area contributed by atoms with Crippen LogP contribution in [0.25, 0.3) is 0 Å². The molecule has 3 N–H and O–H groups in total. The van der Waals surface area contributed by atoms with E-state index in [1.54, 1.807) is 12.3 Å². The number of hydrogen-bond acceptors (Lipinski definition) is 6. The zero-order valence-electron chi connectivity index (χ0n) is 14.6. The maximum Gasteiger partial charge on any atom is 0.328 e. The number of nitrogens with zero attached hydrogens (tertiary/aromatic N) is 3. The number of likely N-dealkylation sites (tertiary alicyclic amines) is 1. The minimum Gasteiger partial charge on any atom is -0.480 e. The summed E-state index contributed by atoms with van der Waals surface area (Å²) in [4.78, 5) is 39.3. The molecule has 0 aromatic carbocycles. The highest BCUT2D eigenvalue weighted by molar-refractivity contribution is 7.81. The van der Waals surface area contributed by atoms with Gasteiger partial charge in [0.2, 0.25) is 11.9 Å². The Balaban J connectivity index is 2.28. The van der Waals surface area contributed by atoms with E-state index < -0.39 is 63.2 Å². The van der Waals surface area contributed by atoms with Crippen LogP contribution in [0, 0.1) is 11.8 Å². The van der Waals surface area contributed by atoms with Crippen LogP contribution < -0.4 is 5.43 Å². The molecule has 10 nitrogen and oxygen atoms in total. The number of aromatic nitrogens is 1. The topological polar surface area (TPSA) is 149 Å². The summed E-state index contributed by atoms with van der Waals surface area (Å²) in [6.07, 6.45) is 0.742. The number of pyridine rings is 1. The highest BCUT2D eigenvalue weighted by Crippen LogP contribution is 2.30. The Kier molecular flexibility index (Phi) is 6.19. The highest BCUT2D eigenvalue weighted by Gasteiger charge is 2.53. The van der Waals surface area contributed by atoms with Crippen LogP contribution in [-0.4, -0.2) is 64.6 Å². The molecule has 0 aliphatic carbocycles. The predicted octanol–water partition coefficient (Wildman–Crippen LogP) is 0.130. The lowest BCUT2D eigenvalue weighted by atomic mass is 9.92. The van der Waals surface area contributed by atoms with Crippen LogP contribution in [0.2, 0.25) is 0 Å². The number of halogens is 2. The fraction of sp³-hybridized carbons (Fsp3) is 0.400. The molecule has 1 saturated heterocycles. The van der Waals surface area contributed by atoms with E-state index in [0.29, 0.717) is 18.3 Å². The third kappa shape index (κ3) is 4.04. The van der Waals surface area contributed by atoms with E-state index in [1.807, 2.05) is 0 Å². The molecule has 28 heavy (non-hydrogen) atoms. The van der Waals surface area contributed by atoms with Crippen molar-refractivity contribution < 1.29 is 37.0 Å². The molecule has 1 aromatic rings. The number of carbonyl (C=O) groups excluding carboxylic acids is 2. The third-order valence-electron chi connectivity index (χ3n) is 4.18. The van der Waals surface area contributed by atoms with Crippen molar-refractivity contribution in [1.29, 1.82) is 0 Å². The van der Waals surface area contributed by atoms with Gasteiger partial charge in [-0.05, 0) is 26.0 Å². The van der Waals surface area contributed by atoms with Crippen molar-refractivity contribution in [2.45, 2.75) is 37.1 Å². The molecule has 0 spiro atoms. The standard InChI is InChI=1S/C15H16F2N4O6S/c1-7-5-10(22)21(7)12(14(24)25)15(2,28(26)27)6-18-20-13(23)11-8(16)3-4-9(17)19-11/h3-4,6-7,12H,5H2,1-2H3,(H,20,23)(H,24,25)(H,26,27)/b18-6+/t7-,12+,15+/m1/s1. The van der Waals surface area contributed by atoms with Crippen molar-refractivity contribution in [2.24, 2.45) is 5.10 Å². The van der Waals surface area contributed by atoms with Gasteiger partial charge in [-0.3, -0.25) is 9.59 Å². The summed E-state index contributed by atoms with van der Waals surface area (Å²) in [7, 11) is 0. The van der Waals surface area contributed by atoms with Gasteiger partial charge in [-0.1, -0.05) is 0 Å². The van der Waals surface area contributed by atoms with Crippen LogP contribution in [0.15, 0.2) is 17.2 Å². The SMILES string of the molecule is C[C@@H]1CC(=O)N1[C@@H](C(=O)O)[C@](C)(/C=N/NC(=O)c1nc(F)ccc1F)S(=O)O. The lowest BCUT2D eigenvalue weighted by molar-refractivity contribution is -0.161. The molecule has 1 fully saturated rings. The number of hydrogen-bond donors (Lipinski definition) is 3. The lowest BCUT2D eigenvalue weighted by Crippen LogP contribution is -2.67. The van der Waals surface area contributed by atoms with Crippen molar-refractivity contribution in [3.63, 3.8) is 0 Å². The summed E-state index contributed by atoms with van der Waals surface area (Å²) in [6.45, 7) is 2.62. The Labute approximate surface area is 159 Å². The van der Waals surface area contributed by atoms with Gasteiger partial charge in [0.1, 0.15) is 4.75 Å². The number of carbonyl (C=O) groups is 3. The highest BCUT2D eigenvalue weighted by atomic mass is 32.2. The first-order valence-corrected chi connectivity index (χ1v) is 8.91. The smallest absolute Gasteiger partial charge is 0.328 e. The zero-order chi connectivity index (χ0) is 21.2. The zero-order valence-corrected chi connectivity index (χ0v) is 15.4. The Bertz CT molecular complexity index is 882. The van der Waals surface area contributed by atoms with E-state index >= 15 is 0 Å². The van der Waals surface area contributed by atoms with Gasteiger partial charge in [-0.2, -0.15) is 9.49 Å². The van der Waals surface area contributed by atoms with Gasteiger partial charge in [0.25, 0.3) is 5.91 Å². The van der Waals surface area contributed by atoms with Gasteiger partial charge in [0, 0.05) is 18.7 Å². The first-order chi connectivity index (χ1) is 13.0. The Hall–Kier alpha value is -2.80. The number of hydrazone groups is 1. The van der Waals surface area contributed by atoms with Gasteiger partial charge in [0.15, 0.2) is 28.6 Å². The molecule has 4 atom stereocenters. The number of β-lactam (4-membered cyclic amide) rings is 1. The molecule has 13 heteroatoms. The van der Waals surface area contributed by atoms with Gasteiger partial charge in [0.05, 0.1) is 0 Å². The summed E-state index contributed by atoms with van der Waals surface area (Å²) in [5.74, 6) is -5.60. The number of nitrogens with one attached hydrogen (secondary N) is 1. The van der Waals surface area contributed by atoms with Gasteiger partial charge < -0.3 is 14.6 Å². The Morgan fingerprint density at radius 2 is 2.14 bits per heavy atom. The molecule has 0 bridgehead atoms. The Morgan fingerprint density at radius 1 is 1.50 bits per heavy atom. The van der Waals surface area contributed by atoms with E-state index in [9.17, 15) is 37.0 Å². The molecule has 2 heterocycles. The third-order valence-corrected chi connectivity index (χ3v) is 5.26. The predicted molar refractivity (Wildman–Crippen MR) is 91.6 cm³/mol. The summed E-state index contributed by atoms with van der Waals surface area (Å²) in [6, 6.07) is -0.862. The summed E-state index contributed by atoms with van der Waals surface area (Å²) < 4.78 is 46.0. The monoisotopic (exact) mass is 418 g/mol. The van der Waals surface area contributed by atoms with Crippen molar-refractivity contribution in [3.05, 3.63) is 29.6 Å². The summed E-state index contributed by atoms with van der Waals surface area (Å²) >= 11 is -2.83. The molecule has 1 unspecified atom stereocenters. The van der Waals surface area contributed by atoms with Crippen LogP contribution in [0.1, 0.15) is 30.8 Å². The molecule has 0 radical (unpaired) electrons.